The van der Waals surface area contributed by atoms with Gasteiger partial charge in [0, 0.05) is 13.1 Å². The first-order chi connectivity index (χ1) is 9.11. The van der Waals surface area contributed by atoms with Gasteiger partial charge in [-0.3, -0.25) is 4.79 Å². The second-order valence-corrected chi connectivity index (χ2v) is 4.39. The third-order valence-corrected chi connectivity index (χ3v) is 3.05. The summed E-state index contributed by atoms with van der Waals surface area (Å²) in [5, 5.41) is 2.81. The Morgan fingerprint density at radius 2 is 2.26 bits per heavy atom. The molecule has 1 fully saturated rings. The number of nitrogens with one attached hydrogen (secondary N) is 1. The first-order valence-electron chi connectivity index (χ1n) is 6.11. The van der Waals surface area contributed by atoms with Gasteiger partial charge in [0.1, 0.15) is 0 Å². The van der Waals surface area contributed by atoms with Crippen LogP contribution in [0.1, 0.15) is 16.8 Å². The molecule has 1 amide bonds. The lowest BCUT2D eigenvalue weighted by molar-refractivity contribution is -0.119. The molecule has 1 aliphatic heterocycles. The highest BCUT2D eigenvalue weighted by atomic mass is 16.5. The number of anilines is 2. The van der Waals surface area contributed by atoms with Crippen LogP contribution in [0.4, 0.5) is 11.4 Å². The van der Waals surface area contributed by atoms with E-state index in [0.717, 1.165) is 18.7 Å². The van der Waals surface area contributed by atoms with Crippen molar-refractivity contribution < 1.29 is 14.3 Å². The van der Waals surface area contributed by atoms with Crippen molar-refractivity contribution >= 4 is 23.3 Å². The van der Waals surface area contributed by atoms with E-state index < -0.39 is 5.97 Å². The van der Waals surface area contributed by atoms with Crippen LogP contribution in [0.3, 0.4) is 0 Å². The first kappa shape index (κ1) is 13.2. The van der Waals surface area contributed by atoms with Crippen molar-refractivity contribution in [3.05, 3.63) is 23.8 Å². The molecule has 102 valence electrons. The van der Waals surface area contributed by atoms with Crippen molar-refractivity contribution in [2.24, 2.45) is 0 Å². The summed E-state index contributed by atoms with van der Waals surface area (Å²) in [5.74, 6) is -0.444. The molecule has 0 unspecified atom stereocenters. The number of rotatable bonds is 2. The number of nitrogens with two attached hydrogens (primary N) is 1. The molecule has 0 spiro atoms. The number of carbonyl (C=O) groups is 2. The molecule has 0 bridgehead atoms. The number of hydrogen-bond acceptors (Lipinski definition) is 5. The molecule has 1 aromatic carbocycles. The van der Waals surface area contributed by atoms with Crippen molar-refractivity contribution in [2.45, 2.75) is 6.42 Å². The summed E-state index contributed by atoms with van der Waals surface area (Å²) in [5.41, 5.74) is 7.60. The number of hydrogen-bond donors (Lipinski definition) is 2. The maximum absolute atomic E-state index is 11.5. The fourth-order valence-electron chi connectivity index (χ4n) is 2.10. The molecule has 0 atom stereocenters. The predicted octanol–water partition coefficient (Wildman–Crippen LogP) is 0.382. The van der Waals surface area contributed by atoms with Crippen molar-refractivity contribution in [3.8, 4) is 0 Å². The predicted molar refractivity (Wildman–Crippen MR) is 72.0 cm³/mol. The van der Waals surface area contributed by atoms with Crippen molar-refractivity contribution in [3.63, 3.8) is 0 Å². The van der Waals surface area contributed by atoms with Gasteiger partial charge < -0.3 is 20.7 Å². The van der Waals surface area contributed by atoms with Crippen LogP contribution in [0, 0.1) is 0 Å². The van der Waals surface area contributed by atoms with Gasteiger partial charge in [0.05, 0.1) is 30.6 Å². The van der Waals surface area contributed by atoms with Gasteiger partial charge in [0.15, 0.2) is 0 Å². The Labute approximate surface area is 111 Å². The number of methoxy groups -OCH3 is 1. The Bertz CT molecular complexity index is 502. The van der Waals surface area contributed by atoms with Crippen LogP contribution in [0.5, 0.6) is 0 Å². The second kappa shape index (κ2) is 5.60. The zero-order chi connectivity index (χ0) is 13.8. The minimum absolute atomic E-state index is 0.0195. The molecule has 1 aromatic rings. The van der Waals surface area contributed by atoms with Crippen LogP contribution in [-0.4, -0.2) is 38.6 Å². The molecule has 6 heteroatoms. The van der Waals surface area contributed by atoms with E-state index in [1.54, 1.807) is 18.2 Å². The smallest absolute Gasteiger partial charge is 0.337 e. The number of benzene rings is 1. The summed E-state index contributed by atoms with van der Waals surface area (Å²) < 4.78 is 4.64. The molecule has 1 aliphatic rings. The van der Waals surface area contributed by atoms with E-state index in [1.807, 2.05) is 4.90 Å². The minimum Gasteiger partial charge on any atom is -0.465 e. The number of nitrogen functional groups attached to an aromatic ring is 1. The average molecular weight is 263 g/mol. The van der Waals surface area contributed by atoms with Gasteiger partial charge in [-0.05, 0) is 24.6 Å². The van der Waals surface area contributed by atoms with E-state index in [9.17, 15) is 9.59 Å². The van der Waals surface area contributed by atoms with E-state index in [-0.39, 0.29) is 12.5 Å². The molecule has 2 rings (SSSR count). The highest BCUT2D eigenvalue weighted by Gasteiger charge is 2.18. The monoisotopic (exact) mass is 263 g/mol. The molecule has 0 saturated carbocycles. The Kier molecular flexibility index (Phi) is 3.89. The Balaban J connectivity index is 2.24. The summed E-state index contributed by atoms with van der Waals surface area (Å²) >= 11 is 0. The minimum atomic E-state index is -0.424. The van der Waals surface area contributed by atoms with E-state index in [4.69, 9.17) is 5.73 Å². The van der Waals surface area contributed by atoms with Crippen LogP contribution in [0.25, 0.3) is 0 Å². The lowest BCUT2D eigenvalue weighted by Crippen LogP contribution is -2.33. The number of carbonyl (C=O) groups excluding carboxylic acids is 2. The maximum atomic E-state index is 11.5. The summed E-state index contributed by atoms with van der Waals surface area (Å²) in [6, 6.07) is 4.98. The zero-order valence-electron chi connectivity index (χ0n) is 10.8. The van der Waals surface area contributed by atoms with Gasteiger partial charge in [-0.15, -0.1) is 0 Å². The van der Waals surface area contributed by atoms with Gasteiger partial charge in [-0.1, -0.05) is 0 Å². The van der Waals surface area contributed by atoms with Gasteiger partial charge in [0.25, 0.3) is 0 Å². The normalized spacial score (nSPS) is 15.6. The van der Waals surface area contributed by atoms with Crippen LogP contribution < -0.4 is 16.0 Å². The van der Waals surface area contributed by atoms with Gasteiger partial charge in [0.2, 0.25) is 5.91 Å². The van der Waals surface area contributed by atoms with Gasteiger partial charge in [-0.2, -0.15) is 0 Å². The molecule has 0 aromatic heterocycles. The maximum Gasteiger partial charge on any atom is 0.337 e. The summed E-state index contributed by atoms with van der Waals surface area (Å²) in [4.78, 5) is 24.9. The van der Waals surface area contributed by atoms with Crippen LogP contribution >= 0.6 is 0 Å². The fourth-order valence-corrected chi connectivity index (χ4v) is 2.10. The average Bonchev–Trinajstić information content (AvgIpc) is 2.62. The molecule has 19 heavy (non-hydrogen) atoms. The van der Waals surface area contributed by atoms with E-state index >= 15 is 0 Å². The van der Waals surface area contributed by atoms with Crippen LogP contribution in [0.15, 0.2) is 18.2 Å². The first-order valence-corrected chi connectivity index (χ1v) is 6.11. The van der Waals surface area contributed by atoms with E-state index in [2.05, 4.69) is 10.1 Å². The SMILES string of the molecule is COC(=O)c1ccc(N2CCCNC(=O)C2)c(N)c1. The van der Waals surface area contributed by atoms with E-state index in [1.165, 1.54) is 7.11 Å². The molecule has 6 nitrogen and oxygen atoms in total. The fraction of sp³-hybridized carbons (Fsp3) is 0.385. The molecule has 1 heterocycles. The number of amides is 1. The molecular formula is C13H17N3O3. The van der Waals surface area contributed by atoms with Crippen molar-refractivity contribution in [2.75, 3.05) is 37.4 Å². The highest BCUT2D eigenvalue weighted by molar-refractivity contribution is 5.92. The molecule has 3 N–H and O–H groups in total. The standard InChI is InChI=1S/C13H17N3O3/c1-19-13(18)9-3-4-11(10(14)7-9)16-6-2-5-15-12(17)8-16/h3-4,7H,2,5-6,8,14H2,1H3,(H,15,17). The zero-order valence-corrected chi connectivity index (χ0v) is 10.8. The topological polar surface area (TPSA) is 84.7 Å². The van der Waals surface area contributed by atoms with Crippen LogP contribution in [0.2, 0.25) is 0 Å². The number of ether oxygens (including phenoxy) is 1. The summed E-state index contributed by atoms with van der Waals surface area (Å²) in [6.07, 6.45) is 0.865. The van der Waals surface area contributed by atoms with Crippen LogP contribution in [-0.2, 0) is 9.53 Å². The molecule has 0 radical (unpaired) electrons. The molecule has 1 saturated heterocycles. The van der Waals surface area contributed by atoms with E-state index in [0.29, 0.717) is 17.8 Å². The highest BCUT2D eigenvalue weighted by Crippen LogP contribution is 2.25. The van der Waals surface area contributed by atoms with Crippen molar-refractivity contribution in [1.29, 1.82) is 0 Å². The molecule has 0 aliphatic carbocycles. The lowest BCUT2D eigenvalue weighted by Gasteiger charge is -2.23. The third-order valence-electron chi connectivity index (χ3n) is 3.05. The summed E-state index contributed by atoms with van der Waals surface area (Å²) in [6.45, 7) is 1.71. The quantitative estimate of drug-likeness (QED) is 0.595. The van der Waals surface area contributed by atoms with Crippen molar-refractivity contribution in [1.82, 2.24) is 5.32 Å². The number of nitrogens with zero attached hydrogens (tertiary/aromatic N) is 1. The molecular weight excluding hydrogens is 246 g/mol. The Morgan fingerprint density at radius 1 is 1.47 bits per heavy atom. The lowest BCUT2D eigenvalue weighted by atomic mass is 10.1. The summed E-state index contributed by atoms with van der Waals surface area (Å²) in [7, 11) is 1.32. The van der Waals surface area contributed by atoms with Gasteiger partial charge in [-0.25, -0.2) is 4.79 Å². The Hall–Kier alpha value is -2.24. The Morgan fingerprint density at radius 3 is 2.95 bits per heavy atom. The number of esters is 1. The second-order valence-electron chi connectivity index (χ2n) is 4.39. The third kappa shape index (κ3) is 2.96. The van der Waals surface area contributed by atoms with Gasteiger partial charge >= 0.3 is 5.97 Å². The largest absolute Gasteiger partial charge is 0.465 e.